The Morgan fingerprint density at radius 2 is 1.58 bits per heavy atom. The standard InChI is InChI=1S/C26H29FN4O4S/c1-20(26(33)29-16-23-9-6-14-28-15-23)31(18-22-10-12-24(27)13-11-22)25(32)19-30(36(2,34)35)17-21-7-4-3-5-8-21/h3-15,20H,16-19H2,1-2H3,(H,29,33). The monoisotopic (exact) mass is 512 g/mol. The van der Waals surface area contributed by atoms with E-state index in [2.05, 4.69) is 10.3 Å². The number of sulfonamides is 1. The van der Waals surface area contributed by atoms with Crippen LogP contribution in [0.3, 0.4) is 0 Å². The lowest BCUT2D eigenvalue weighted by atomic mass is 10.1. The van der Waals surface area contributed by atoms with Gasteiger partial charge in [0.1, 0.15) is 11.9 Å². The fourth-order valence-electron chi connectivity index (χ4n) is 3.53. The number of carbonyl (C=O) groups excluding carboxylic acids is 2. The zero-order valence-electron chi connectivity index (χ0n) is 20.2. The highest BCUT2D eigenvalue weighted by atomic mass is 32.2. The van der Waals surface area contributed by atoms with Gasteiger partial charge in [-0.2, -0.15) is 4.31 Å². The minimum Gasteiger partial charge on any atom is -0.350 e. The number of pyridine rings is 1. The zero-order valence-corrected chi connectivity index (χ0v) is 21.0. The fraction of sp³-hybridized carbons (Fsp3) is 0.269. The van der Waals surface area contributed by atoms with Gasteiger partial charge in [0, 0.05) is 32.0 Å². The summed E-state index contributed by atoms with van der Waals surface area (Å²) in [5.74, 6) is -1.39. The summed E-state index contributed by atoms with van der Waals surface area (Å²) in [7, 11) is -3.73. The molecule has 0 fully saturated rings. The van der Waals surface area contributed by atoms with E-state index in [0.717, 1.165) is 21.7 Å². The molecule has 190 valence electrons. The maximum absolute atomic E-state index is 13.4. The summed E-state index contributed by atoms with van der Waals surface area (Å²) in [5.41, 5.74) is 2.12. The van der Waals surface area contributed by atoms with Crippen LogP contribution in [-0.4, -0.2) is 53.3 Å². The first-order chi connectivity index (χ1) is 17.1. The number of nitrogens with one attached hydrogen (secondary N) is 1. The summed E-state index contributed by atoms with van der Waals surface area (Å²) in [4.78, 5) is 31.7. The summed E-state index contributed by atoms with van der Waals surface area (Å²) < 4.78 is 39.5. The van der Waals surface area contributed by atoms with Crippen molar-refractivity contribution >= 4 is 21.8 Å². The van der Waals surface area contributed by atoms with E-state index in [-0.39, 0.29) is 19.6 Å². The third kappa shape index (κ3) is 7.96. The molecule has 0 aliphatic rings. The molecule has 8 nitrogen and oxygen atoms in total. The average Bonchev–Trinajstić information content (AvgIpc) is 2.86. The molecule has 0 saturated carbocycles. The maximum Gasteiger partial charge on any atom is 0.242 e. The Morgan fingerprint density at radius 3 is 2.19 bits per heavy atom. The summed E-state index contributed by atoms with van der Waals surface area (Å²) >= 11 is 0. The lowest BCUT2D eigenvalue weighted by Gasteiger charge is -2.31. The Balaban J connectivity index is 1.80. The van der Waals surface area contributed by atoms with Crippen LogP contribution in [0.15, 0.2) is 79.1 Å². The van der Waals surface area contributed by atoms with Crippen LogP contribution in [0.5, 0.6) is 0 Å². The quantitative estimate of drug-likeness (QED) is 0.426. The Hall–Kier alpha value is -3.63. The van der Waals surface area contributed by atoms with Gasteiger partial charge in [0.2, 0.25) is 21.8 Å². The van der Waals surface area contributed by atoms with Crippen LogP contribution in [0.25, 0.3) is 0 Å². The number of carbonyl (C=O) groups is 2. The second-order valence-corrected chi connectivity index (χ2v) is 10.4. The van der Waals surface area contributed by atoms with Crippen molar-refractivity contribution < 1.29 is 22.4 Å². The molecule has 1 unspecified atom stereocenters. The van der Waals surface area contributed by atoms with Crippen LogP contribution >= 0.6 is 0 Å². The minimum absolute atomic E-state index is 0.00350. The van der Waals surface area contributed by atoms with Crippen molar-refractivity contribution in [3.05, 3.63) is 102 Å². The van der Waals surface area contributed by atoms with Gasteiger partial charge in [-0.25, -0.2) is 12.8 Å². The van der Waals surface area contributed by atoms with E-state index in [4.69, 9.17) is 0 Å². The van der Waals surface area contributed by atoms with Crippen molar-refractivity contribution in [1.29, 1.82) is 0 Å². The molecule has 0 bridgehead atoms. The molecule has 3 rings (SSSR count). The molecule has 0 radical (unpaired) electrons. The average molecular weight is 513 g/mol. The Labute approximate surface area is 210 Å². The molecule has 0 saturated heterocycles. The molecule has 1 N–H and O–H groups in total. The van der Waals surface area contributed by atoms with Gasteiger partial charge in [-0.3, -0.25) is 14.6 Å². The van der Waals surface area contributed by atoms with Crippen LogP contribution in [-0.2, 0) is 39.2 Å². The van der Waals surface area contributed by atoms with Crippen LogP contribution in [0.1, 0.15) is 23.6 Å². The van der Waals surface area contributed by atoms with Crippen molar-refractivity contribution in [2.24, 2.45) is 0 Å². The molecular formula is C26H29FN4O4S. The minimum atomic E-state index is -3.73. The van der Waals surface area contributed by atoms with Gasteiger partial charge < -0.3 is 10.2 Å². The summed E-state index contributed by atoms with van der Waals surface area (Å²) in [5, 5.41) is 2.79. The molecule has 0 aliphatic heterocycles. The highest BCUT2D eigenvalue weighted by molar-refractivity contribution is 7.88. The number of nitrogens with zero attached hydrogens (tertiary/aromatic N) is 3. The Morgan fingerprint density at radius 1 is 0.944 bits per heavy atom. The molecule has 10 heteroatoms. The van der Waals surface area contributed by atoms with Crippen LogP contribution in [0, 0.1) is 5.82 Å². The SMILES string of the molecule is CC(C(=O)NCc1cccnc1)N(Cc1ccc(F)cc1)C(=O)CN(Cc1ccccc1)S(C)(=O)=O. The second-order valence-electron chi connectivity index (χ2n) is 8.42. The number of aromatic nitrogens is 1. The molecule has 1 aromatic heterocycles. The molecule has 1 heterocycles. The van der Waals surface area contributed by atoms with Gasteiger partial charge in [-0.1, -0.05) is 48.5 Å². The van der Waals surface area contributed by atoms with Crippen LogP contribution in [0.2, 0.25) is 0 Å². The first kappa shape index (κ1) is 27.0. The van der Waals surface area contributed by atoms with Crippen molar-refractivity contribution in [2.75, 3.05) is 12.8 Å². The van der Waals surface area contributed by atoms with Crippen LogP contribution < -0.4 is 5.32 Å². The summed E-state index contributed by atoms with van der Waals surface area (Å²) in [6.07, 6.45) is 4.29. The predicted molar refractivity (Wildman–Crippen MR) is 134 cm³/mol. The largest absolute Gasteiger partial charge is 0.350 e. The smallest absolute Gasteiger partial charge is 0.242 e. The zero-order chi connectivity index (χ0) is 26.1. The first-order valence-electron chi connectivity index (χ1n) is 11.3. The third-order valence-corrected chi connectivity index (χ3v) is 6.80. The molecule has 3 aromatic rings. The molecule has 2 aromatic carbocycles. The predicted octanol–water partition coefficient (Wildman–Crippen LogP) is 2.72. The Bertz CT molecular complexity index is 1260. The maximum atomic E-state index is 13.4. The van der Waals surface area contributed by atoms with Gasteiger partial charge in [0.15, 0.2) is 0 Å². The Kier molecular flexibility index (Phi) is 9.26. The van der Waals surface area contributed by atoms with E-state index in [1.54, 1.807) is 49.6 Å². The fourth-order valence-corrected chi connectivity index (χ4v) is 4.26. The van der Waals surface area contributed by atoms with E-state index in [0.29, 0.717) is 5.56 Å². The number of hydrogen-bond acceptors (Lipinski definition) is 5. The van der Waals surface area contributed by atoms with E-state index in [9.17, 15) is 22.4 Å². The highest BCUT2D eigenvalue weighted by Gasteiger charge is 2.29. The topological polar surface area (TPSA) is 99.7 Å². The third-order valence-electron chi connectivity index (χ3n) is 5.61. The molecule has 2 amide bonds. The van der Waals surface area contributed by atoms with E-state index >= 15 is 0 Å². The van der Waals surface area contributed by atoms with Gasteiger partial charge in [0.25, 0.3) is 0 Å². The number of hydrogen-bond donors (Lipinski definition) is 1. The number of halogens is 1. The van der Waals surface area contributed by atoms with Gasteiger partial charge in [0.05, 0.1) is 12.8 Å². The molecule has 36 heavy (non-hydrogen) atoms. The van der Waals surface area contributed by atoms with Crippen molar-refractivity contribution in [3.8, 4) is 0 Å². The first-order valence-corrected chi connectivity index (χ1v) is 13.2. The number of rotatable bonds is 11. The molecule has 1 atom stereocenters. The van der Waals surface area contributed by atoms with Gasteiger partial charge in [-0.15, -0.1) is 0 Å². The highest BCUT2D eigenvalue weighted by Crippen LogP contribution is 2.14. The molecule has 0 spiro atoms. The van der Waals surface area contributed by atoms with Crippen molar-refractivity contribution in [2.45, 2.75) is 32.6 Å². The van der Waals surface area contributed by atoms with Crippen molar-refractivity contribution in [3.63, 3.8) is 0 Å². The number of benzene rings is 2. The summed E-state index contributed by atoms with van der Waals surface area (Å²) in [6, 6.07) is 17.2. The molecule has 0 aliphatic carbocycles. The van der Waals surface area contributed by atoms with E-state index in [1.165, 1.54) is 29.2 Å². The van der Waals surface area contributed by atoms with Crippen LogP contribution in [0.4, 0.5) is 4.39 Å². The van der Waals surface area contributed by atoms with Crippen molar-refractivity contribution in [1.82, 2.24) is 19.5 Å². The summed E-state index contributed by atoms with van der Waals surface area (Å²) in [6.45, 7) is 1.36. The van der Waals surface area contributed by atoms with E-state index < -0.39 is 40.2 Å². The van der Waals surface area contributed by atoms with E-state index in [1.807, 2.05) is 12.1 Å². The number of amides is 2. The molecular weight excluding hydrogens is 483 g/mol. The normalized spacial score (nSPS) is 12.2. The van der Waals surface area contributed by atoms with Gasteiger partial charge >= 0.3 is 0 Å². The lowest BCUT2D eigenvalue weighted by Crippen LogP contribution is -2.50. The van der Waals surface area contributed by atoms with Gasteiger partial charge in [-0.05, 0) is 41.8 Å². The second kappa shape index (κ2) is 12.4. The lowest BCUT2D eigenvalue weighted by molar-refractivity contribution is -0.140.